The molecule has 0 bridgehead atoms. The quantitative estimate of drug-likeness (QED) is 0.726. The molecule has 5 heteroatoms. The van der Waals surface area contributed by atoms with Gasteiger partial charge in [-0.05, 0) is 18.1 Å². The standard InChI is InChI=1S/C19H18N2O2S/c1-14-17(18(22)23)24-19(20-14)21(12-15-8-4-2-5-9-15)13-16-10-6-3-7-11-16/h2-11H,12-13H2,1H3,(H,22,23). The van der Waals surface area contributed by atoms with Crippen LogP contribution < -0.4 is 4.90 Å². The summed E-state index contributed by atoms with van der Waals surface area (Å²) in [5.74, 6) is -0.921. The van der Waals surface area contributed by atoms with E-state index < -0.39 is 5.97 Å². The van der Waals surface area contributed by atoms with Gasteiger partial charge in [0, 0.05) is 13.1 Å². The van der Waals surface area contributed by atoms with Crippen LogP contribution in [0.15, 0.2) is 60.7 Å². The van der Waals surface area contributed by atoms with Crippen molar-refractivity contribution in [2.75, 3.05) is 4.90 Å². The number of aromatic carboxylic acids is 1. The maximum atomic E-state index is 11.3. The molecule has 0 spiro atoms. The summed E-state index contributed by atoms with van der Waals surface area (Å²) in [6.45, 7) is 3.11. The Balaban J connectivity index is 1.92. The highest BCUT2D eigenvalue weighted by Crippen LogP contribution is 2.28. The number of anilines is 1. The maximum absolute atomic E-state index is 11.3. The zero-order valence-electron chi connectivity index (χ0n) is 13.3. The lowest BCUT2D eigenvalue weighted by Crippen LogP contribution is -2.21. The number of thiazole rings is 1. The molecule has 0 atom stereocenters. The SMILES string of the molecule is Cc1nc(N(Cc2ccccc2)Cc2ccccc2)sc1C(=O)O. The Morgan fingerprint density at radius 2 is 1.50 bits per heavy atom. The number of carboxylic acid groups (broad SMARTS) is 1. The van der Waals surface area contributed by atoms with Crippen LogP contribution in [0.1, 0.15) is 26.5 Å². The van der Waals surface area contributed by atoms with Crippen molar-refractivity contribution in [3.63, 3.8) is 0 Å². The minimum atomic E-state index is -0.921. The molecule has 0 fully saturated rings. The maximum Gasteiger partial charge on any atom is 0.347 e. The Hall–Kier alpha value is -2.66. The van der Waals surface area contributed by atoms with Gasteiger partial charge < -0.3 is 10.0 Å². The highest BCUT2D eigenvalue weighted by molar-refractivity contribution is 7.17. The van der Waals surface area contributed by atoms with E-state index in [1.165, 1.54) is 11.3 Å². The highest BCUT2D eigenvalue weighted by Gasteiger charge is 2.18. The van der Waals surface area contributed by atoms with Gasteiger partial charge in [-0.3, -0.25) is 0 Å². The molecule has 3 aromatic rings. The number of aromatic nitrogens is 1. The summed E-state index contributed by atoms with van der Waals surface area (Å²) >= 11 is 1.23. The summed E-state index contributed by atoms with van der Waals surface area (Å²) in [7, 11) is 0. The average molecular weight is 338 g/mol. The second-order valence-corrected chi connectivity index (χ2v) is 6.52. The smallest absolute Gasteiger partial charge is 0.347 e. The molecule has 0 amide bonds. The number of rotatable bonds is 6. The van der Waals surface area contributed by atoms with Gasteiger partial charge in [0.05, 0.1) is 5.69 Å². The van der Waals surface area contributed by atoms with Gasteiger partial charge in [-0.1, -0.05) is 72.0 Å². The van der Waals surface area contributed by atoms with E-state index in [4.69, 9.17) is 0 Å². The van der Waals surface area contributed by atoms with Gasteiger partial charge in [0.15, 0.2) is 5.13 Å². The first-order valence-corrected chi connectivity index (χ1v) is 8.48. The third-order valence-electron chi connectivity index (χ3n) is 3.68. The molecule has 0 saturated carbocycles. The minimum absolute atomic E-state index is 0.302. The van der Waals surface area contributed by atoms with Gasteiger partial charge in [0.2, 0.25) is 0 Å². The number of benzene rings is 2. The van der Waals surface area contributed by atoms with Crippen molar-refractivity contribution in [3.05, 3.63) is 82.4 Å². The van der Waals surface area contributed by atoms with E-state index in [0.717, 1.165) is 16.3 Å². The van der Waals surface area contributed by atoms with Crippen LogP contribution in [-0.2, 0) is 13.1 Å². The largest absolute Gasteiger partial charge is 0.477 e. The van der Waals surface area contributed by atoms with Crippen molar-refractivity contribution < 1.29 is 9.90 Å². The Kier molecular flexibility index (Phi) is 4.91. The molecule has 0 saturated heterocycles. The highest BCUT2D eigenvalue weighted by atomic mass is 32.1. The number of carboxylic acids is 1. The van der Waals surface area contributed by atoms with Crippen molar-refractivity contribution in [1.29, 1.82) is 0 Å². The van der Waals surface area contributed by atoms with Gasteiger partial charge in [0.1, 0.15) is 4.88 Å². The molecular weight excluding hydrogens is 320 g/mol. The molecule has 2 aromatic carbocycles. The molecule has 4 nitrogen and oxygen atoms in total. The lowest BCUT2D eigenvalue weighted by molar-refractivity contribution is 0.0701. The van der Waals surface area contributed by atoms with Gasteiger partial charge in [-0.25, -0.2) is 9.78 Å². The fourth-order valence-electron chi connectivity index (χ4n) is 2.51. The zero-order valence-corrected chi connectivity index (χ0v) is 14.2. The molecule has 122 valence electrons. The second kappa shape index (κ2) is 7.27. The molecule has 1 N–H and O–H groups in total. The van der Waals surface area contributed by atoms with Crippen LogP contribution in [0.2, 0.25) is 0 Å². The fourth-order valence-corrected chi connectivity index (χ4v) is 3.42. The number of nitrogens with zero attached hydrogens (tertiary/aromatic N) is 2. The van der Waals surface area contributed by atoms with Crippen molar-refractivity contribution >= 4 is 22.4 Å². The Morgan fingerprint density at radius 3 is 1.92 bits per heavy atom. The molecule has 0 aliphatic heterocycles. The van der Waals surface area contributed by atoms with Crippen LogP contribution in [0.3, 0.4) is 0 Å². The predicted octanol–water partition coefficient (Wildman–Crippen LogP) is 4.36. The summed E-state index contributed by atoms with van der Waals surface area (Å²) in [5.41, 5.74) is 2.89. The zero-order chi connectivity index (χ0) is 16.9. The van der Waals surface area contributed by atoms with E-state index in [2.05, 4.69) is 34.1 Å². The molecule has 1 heterocycles. The lowest BCUT2D eigenvalue weighted by atomic mass is 10.2. The van der Waals surface area contributed by atoms with E-state index in [1.54, 1.807) is 6.92 Å². The van der Waals surface area contributed by atoms with Crippen molar-refractivity contribution in [1.82, 2.24) is 4.98 Å². The molecule has 0 radical (unpaired) electrons. The first-order chi connectivity index (χ1) is 11.6. The summed E-state index contributed by atoms with van der Waals surface area (Å²) in [6, 6.07) is 20.3. The van der Waals surface area contributed by atoms with Crippen LogP contribution >= 0.6 is 11.3 Å². The normalized spacial score (nSPS) is 10.5. The van der Waals surface area contributed by atoms with Crippen LogP contribution in [-0.4, -0.2) is 16.1 Å². The van der Waals surface area contributed by atoms with Gasteiger partial charge in [-0.2, -0.15) is 0 Å². The van der Waals surface area contributed by atoms with E-state index in [9.17, 15) is 9.90 Å². The fraction of sp³-hybridized carbons (Fsp3) is 0.158. The summed E-state index contributed by atoms with van der Waals surface area (Å²) in [6.07, 6.45) is 0. The number of hydrogen-bond donors (Lipinski definition) is 1. The molecular formula is C19H18N2O2S. The molecule has 1 aromatic heterocycles. The van der Waals surface area contributed by atoms with Crippen molar-refractivity contribution in [2.45, 2.75) is 20.0 Å². The summed E-state index contributed by atoms with van der Waals surface area (Å²) < 4.78 is 0. The first kappa shape index (κ1) is 16.2. The minimum Gasteiger partial charge on any atom is -0.477 e. The van der Waals surface area contributed by atoms with Crippen LogP contribution in [0, 0.1) is 6.92 Å². The molecule has 0 unspecified atom stereocenters. The second-order valence-electron chi connectivity index (χ2n) is 5.54. The monoisotopic (exact) mass is 338 g/mol. The predicted molar refractivity (Wildman–Crippen MR) is 96.6 cm³/mol. The van der Waals surface area contributed by atoms with E-state index in [0.29, 0.717) is 23.7 Å². The number of hydrogen-bond acceptors (Lipinski definition) is 4. The Morgan fingerprint density at radius 1 is 1.00 bits per heavy atom. The van der Waals surface area contributed by atoms with Gasteiger partial charge in [0.25, 0.3) is 0 Å². The molecule has 0 aliphatic rings. The number of aryl methyl sites for hydroxylation is 1. The average Bonchev–Trinajstić information content (AvgIpc) is 2.98. The van der Waals surface area contributed by atoms with Crippen molar-refractivity contribution in [3.8, 4) is 0 Å². The van der Waals surface area contributed by atoms with Crippen molar-refractivity contribution in [2.24, 2.45) is 0 Å². The summed E-state index contributed by atoms with van der Waals surface area (Å²) in [4.78, 5) is 18.2. The van der Waals surface area contributed by atoms with E-state index in [-0.39, 0.29) is 0 Å². The Bertz CT molecular complexity index is 774. The van der Waals surface area contributed by atoms with E-state index >= 15 is 0 Å². The number of carbonyl (C=O) groups is 1. The third-order valence-corrected chi connectivity index (χ3v) is 4.89. The lowest BCUT2D eigenvalue weighted by Gasteiger charge is -2.22. The summed E-state index contributed by atoms with van der Waals surface area (Å²) in [5, 5.41) is 10.0. The molecule has 0 aliphatic carbocycles. The molecule has 24 heavy (non-hydrogen) atoms. The third kappa shape index (κ3) is 3.81. The van der Waals surface area contributed by atoms with Crippen LogP contribution in [0.25, 0.3) is 0 Å². The van der Waals surface area contributed by atoms with Crippen LogP contribution in [0.4, 0.5) is 5.13 Å². The first-order valence-electron chi connectivity index (χ1n) is 7.67. The van der Waals surface area contributed by atoms with Gasteiger partial charge in [-0.15, -0.1) is 0 Å². The molecule has 3 rings (SSSR count). The van der Waals surface area contributed by atoms with E-state index in [1.807, 2.05) is 36.4 Å². The Labute approximate surface area is 145 Å². The van der Waals surface area contributed by atoms with Crippen LogP contribution in [0.5, 0.6) is 0 Å². The topological polar surface area (TPSA) is 53.4 Å². The van der Waals surface area contributed by atoms with Gasteiger partial charge >= 0.3 is 5.97 Å².